The van der Waals surface area contributed by atoms with Crippen LogP contribution in [-0.2, 0) is 10.0 Å². The highest BCUT2D eigenvalue weighted by atomic mass is 35.5. The Bertz CT molecular complexity index is 916. The number of benzene rings is 2. The molecule has 0 aliphatic heterocycles. The number of nitrogens with one attached hydrogen (secondary N) is 2. The number of amides is 1. The summed E-state index contributed by atoms with van der Waals surface area (Å²) in [7, 11) is -4.40. The quantitative estimate of drug-likeness (QED) is 0.748. The van der Waals surface area contributed by atoms with Crippen LogP contribution in [0.4, 0.5) is 13.2 Å². The normalized spacial score (nSPS) is 13.2. The number of hydrogen-bond acceptors (Lipinski definition) is 3. The van der Waals surface area contributed by atoms with Gasteiger partial charge in [0.05, 0.1) is 10.9 Å². The molecule has 0 fully saturated rings. The van der Waals surface area contributed by atoms with Crippen molar-refractivity contribution in [2.45, 2.75) is 24.0 Å². The van der Waals surface area contributed by atoms with Gasteiger partial charge in [0.1, 0.15) is 6.54 Å². The number of halogens is 4. The van der Waals surface area contributed by atoms with Gasteiger partial charge in [0.2, 0.25) is 10.0 Å². The summed E-state index contributed by atoms with van der Waals surface area (Å²) in [6.45, 7) is 0.0337. The number of carbonyl (C=O) groups is 1. The summed E-state index contributed by atoms with van der Waals surface area (Å²) in [5, 5.41) is 3.23. The first-order valence-corrected chi connectivity index (χ1v) is 9.57. The fourth-order valence-electron chi connectivity index (χ4n) is 2.18. The molecule has 1 amide bonds. The first kappa shape index (κ1) is 21.2. The molecule has 2 rings (SSSR count). The average molecular weight is 421 g/mol. The Morgan fingerprint density at radius 2 is 1.78 bits per heavy atom. The van der Waals surface area contributed by atoms with Crippen LogP contribution in [0.2, 0.25) is 5.02 Å². The van der Waals surface area contributed by atoms with Crippen LogP contribution >= 0.6 is 11.6 Å². The number of hydrogen-bond donors (Lipinski definition) is 2. The van der Waals surface area contributed by atoms with E-state index in [1.54, 1.807) is 31.2 Å². The van der Waals surface area contributed by atoms with Crippen molar-refractivity contribution >= 4 is 27.5 Å². The summed E-state index contributed by atoms with van der Waals surface area (Å²) in [6, 6.07) is 11.2. The Morgan fingerprint density at radius 1 is 1.15 bits per heavy atom. The minimum atomic E-state index is -4.68. The molecule has 0 aliphatic rings. The second-order valence-corrected chi connectivity index (χ2v) is 7.92. The summed E-state index contributed by atoms with van der Waals surface area (Å²) < 4.78 is 62.1. The van der Waals surface area contributed by atoms with Crippen molar-refractivity contribution in [3.63, 3.8) is 0 Å². The standard InChI is InChI=1S/C17H16ClF3N2O3S/c1-11(12-5-7-14(18)8-6-12)23-16(24)13-3-2-4-15(9-13)27(25,26)22-10-17(19,20)21/h2-9,11,22H,10H2,1H3,(H,23,24). The molecule has 0 radical (unpaired) electrons. The molecule has 0 bridgehead atoms. The Morgan fingerprint density at radius 3 is 2.37 bits per heavy atom. The maximum absolute atomic E-state index is 12.4. The predicted octanol–water partition coefficient (Wildman–Crippen LogP) is 3.67. The van der Waals surface area contributed by atoms with E-state index in [1.807, 2.05) is 0 Å². The van der Waals surface area contributed by atoms with Crippen LogP contribution < -0.4 is 10.0 Å². The first-order chi connectivity index (χ1) is 12.5. The Kier molecular flexibility index (Phi) is 6.50. The van der Waals surface area contributed by atoms with Gasteiger partial charge in [0.25, 0.3) is 5.91 Å². The van der Waals surface area contributed by atoms with E-state index in [0.29, 0.717) is 5.02 Å². The summed E-state index contributed by atoms with van der Waals surface area (Å²) in [5.41, 5.74) is 0.786. The third-order valence-corrected chi connectivity index (χ3v) is 5.24. The average Bonchev–Trinajstić information content (AvgIpc) is 2.60. The third-order valence-electron chi connectivity index (χ3n) is 3.59. The first-order valence-electron chi connectivity index (χ1n) is 7.71. The second-order valence-electron chi connectivity index (χ2n) is 5.71. The molecule has 2 N–H and O–H groups in total. The van der Waals surface area contributed by atoms with Gasteiger partial charge in [-0.2, -0.15) is 13.2 Å². The van der Waals surface area contributed by atoms with E-state index in [1.165, 1.54) is 16.9 Å². The molecule has 1 atom stereocenters. The maximum Gasteiger partial charge on any atom is 0.402 e. The molecule has 146 valence electrons. The zero-order valence-corrected chi connectivity index (χ0v) is 15.6. The smallest absolute Gasteiger partial charge is 0.346 e. The topological polar surface area (TPSA) is 75.3 Å². The molecular formula is C17H16ClF3N2O3S. The third kappa shape index (κ3) is 6.23. The predicted molar refractivity (Wildman–Crippen MR) is 95.0 cm³/mol. The van der Waals surface area contributed by atoms with Crippen molar-refractivity contribution < 1.29 is 26.4 Å². The fraction of sp³-hybridized carbons (Fsp3) is 0.235. The van der Waals surface area contributed by atoms with Crippen molar-refractivity contribution in [2.24, 2.45) is 0 Å². The maximum atomic E-state index is 12.4. The highest BCUT2D eigenvalue weighted by Gasteiger charge is 2.30. The van der Waals surface area contributed by atoms with E-state index in [-0.39, 0.29) is 5.56 Å². The fourth-order valence-corrected chi connectivity index (χ4v) is 3.37. The van der Waals surface area contributed by atoms with E-state index in [0.717, 1.165) is 17.7 Å². The lowest BCUT2D eigenvalue weighted by atomic mass is 10.1. The van der Waals surface area contributed by atoms with Crippen LogP contribution in [0.5, 0.6) is 0 Å². The molecule has 2 aromatic rings. The van der Waals surface area contributed by atoms with Crippen LogP contribution in [0.15, 0.2) is 53.4 Å². The summed E-state index contributed by atoms with van der Waals surface area (Å²) >= 11 is 5.81. The van der Waals surface area contributed by atoms with Gasteiger partial charge in [0, 0.05) is 10.6 Å². The summed E-state index contributed by atoms with van der Waals surface area (Å²) in [4.78, 5) is 11.9. The minimum Gasteiger partial charge on any atom is -0.346 e. The molecule has 1 unspecified atom stereocenters. The van der Waals surface area contributed by atoms with Crippen LogP contribution in [0, 0.1) is 0 Å². The zero-order chi connectivity index (χ0) is 20.2. The zero-order valence-electron chi connectivity index (χ0n) is 14.0. The molecule has 0 aliphatic carbocycles. The van der Waals surface area contributed by atoms with Crippen molar-refractivity contribution in [1.82, 2.24) is 10.0 Å². The number of rotatable bonds is 6. The molecule has 5 nitrogen and oxygen atoms in total. The molecule has 27 heavy (non-hydrogen) atoms. The summed E-state index contributed by atoms with van der Waals surface area (Å²) in [5.74, 6) is -0.565. The lowest BCUT2D eigenvalue weighted by Gasteiger charge is -2.15. The number of alkyl halides is 3. The highest BCUT2D eigenvalue weighted by molar-refractivity contribution is 7.89. The Labute approximate surface area is 159 Å². The van der Waals surface area contributed by atoms with Gasteiger partial charge in [-0.25, -0.2) is 13.1 Å². The van der Waals surface area contributed by atoms with E-state index >= 15 is 0 Å². The number of sulfonamides is 1. The molecule has 0 spiro atoms. The van der Waals surface area contributed by atoms with Gasteiger partial charge >= 0.3 is 6.18 Å². The lowest BCUT2D eigenvalue weighted by Crippen LogP contribution is -2.34. The monoisotopic (exact) mass is 420 g/mol. The van der Waals surface area contributed by atoms with E-state index in [9.17, 15) is 26.4 Å². The van der Waals surface area contributed by atoms with Gasteiger partial charge in [-0.15, -0.1) is 0 Å². The second kappa shape index (κ2) is 8.28. The lowest BCUT2D eigenvalue weighted by molar-refractivity contribution is -0.121. The van der Waals surface area contributed by atoms with Crippen molar-refractivity contribution in [1.29, 1.82) is 0 Å². The molecule has 0 heterocycles. The largest absolute Gasteiger partial charge is 0.402 e. The summed E-state index contributed by atoms with van der Waals surface area (Å²) in [6.07, 6.45) is -4.68. The highest BCUT2D eigenvalue weighted by Crippen LogP contribution is 2.18. The molecule has 2 aromatic carbocycles. The van der Waals surface area contributed by atoms with Crippen LogP contribution in [0.1, 0.15) is 28.9 Å². The van der Waals surface area contributed by atoms with Crippen LogP contribution in [0.25, 0.3) is 0 Å². The van der Waals surface area contributed by atoms with Gasteiger partial charge in [0.15, 0.2) is 0 Å². The van der Waals surface area contributed by atoms with Gasteiger partial charge < -0.3 is 5.32 Å². The molecule has 10 heteroatoms. The van der Waals surface area contributed by atoms with E-state index in [2.05, 4.69) is 5.32 Å². The van der Waals surface area contributed by atoms with Crippen molar-refractivity contribution in [3.8, 4) is 0 Å². The molecule has 0 saturated heterocycles. The SMILES string of the molecule is CC(NC(=O)c1cccc(S(=O)(=O)NCC(F)(F)F)c1)c1ccc(Cl)cc1. The molecule has 0 aromatic heterocycles. The van der Waals surface area contributed by atoms with Gasteiger partial charge in [-0.3, -0.25) is 4.79 Å². The molecule has 0 saturated carbocycles. The number of carbonyl (C=O) groups excluding carboxylic acids is 1. The Hall–Kier alpha value is -2.10. The Balaban J connectivity index is 2.14. The van der Waals surface area contributed by atoms with Crippen molar-refractivity contribution in [3.05, 3.63) is 64.7 Å². The molecular weight excluding hydrogens is 405 g/mol. The minimum absolute atomic E-state index is 0.00528. The van der Waals surface area contributed by atoms with Crippen LogP contribution in [0.3, 0.4) is 0 Å². The van der Waals surface area contributed by atoms with E-state index in [4.69, 9.17) is 11.6 Å². The van der Waals surface area contributed by atoms with E-state index < -0.39 is 39.6 Å². The van der Waals surface area contributed by atoms with Gasteiger partial charge in [-0.1, -0.05) is 29.8 Å². The van der Waals surface area contributed by atoms with Crippen LogP contribution in [-0.4, -0.2) is 27.0 Å². The van der Waals surface area contributed by atoms with Crippen molar-refractivity contribution in [2.75, 3.05) is 6.54 Å². The van der Waals surface area contributed by atoms with Gasteiger partial charge in [-0.05, 0) is 42.8 Å².